The summed E-state index contributed by atoms with van der Waals surface area (Å²) >= 11 is 0. The smallest absolute Gasteiger partial charge is 0.0635 e. The maximum atomic E-state index is 8.86. The molecule has 0 saturated heterocycles. The molecule has 0 radical (unpaired) electrons. The number of hydrogen-bond donors (Lipinski definition) is 0. The molecule has 4 unspecified atom stereocenters. The van der Waals surface area contributed by atoms with Crippen molar-refractivity contribution >= 4 is 0 Å². The second kappa shape index (κ2) is 18.6. The van der Waals surface area contributed by atoms with E-state index in [-0.39, 0.29) is 0 Å². The maximum absolute atomic E-state index is 8.86. The van der Waals surface area contributed by atoms with Gasteiger partial charge in [0.05, 0.1) is 24.3 Å². The van der Waals surface area contributed by atoms with Gasteiger partial charge in [0.1, 0.15) is 0 Å². The molecule has 0 aromatic rings. The number of rotatable bonds is 18. The van der Waals surface area contributed by atoms with Crippen molar-refractivity contribution in [2.45, 2.75) is 78.3 Å². The molecule has 0 aromatic carbocycles. The molecule has 7 heteroatoms. The van der Waals surface area contributed by atoms with Gasteiger partial charge in [0, 0.05) is 77.2 Å². The van der Waals surface area contributed by atoms with Gasteiger partial charge in [-0.25, -0.2) is 0 Å². The average molecular weight is 429 g/mol. The molecule has 0 saturated carbocycles. The lowest BCUT2D eigenvalue weighted by Gasteiger charge is -2.30. The molecular weight excluding hydrogens is 388 g/mol. The van der Waals surface area contributed by atoms with E-state index in [9.17, 15) is 0 Å². The first kappa shape index (κ1) is 28.8. The zero-order chi connectivity index (χ0) is 23.5. The molecule has 0 spiro atoms. The predicted molar refractivity (Wildman–Crippen MR) is 121 cm³/mol. The van der Waals surface area contributed by atoms with E-state index in [0.717, 1.165) is 12.8 Å². The Bertz CT molecular complexity index is 536. The Hall–Kier alpha value is -2.16. The SMILES string of the molecule is CC(COCC(C)CC(C)N(CCC#N)CCC#N)CC(C)N(CCC#N)CCC#N. The van der Waals surface area contributed by atoms with Crippen LogP contribution in [0, 0.1) is 57.2 Å². The van der Waals surface area contributed by atoms with Crippen LogP contribution in [0.1, 0.15) is 66.2 Å². The third-order valence-corrected chi connectivity index (χ3v) is 5.58. The van der Waals surface area contributed by atoms with Crippen LogP contribution in [0.25, 0.3) is 0 Å². The maximum Gasteiger partial charge on any atom is 0.0635 e. The van der Waals surface area contributed by atoms with Gasteiger partial charge in [0.15, 0.2) is 0 Å². The molecule has 0 aliphatic heterocycles. The van der Waals surface area contributed by atoms with Crippen LogP contribution in [-0.4, -0.2) is 61.3 Å². The van der Waals surface area contributed by atoms with Crippen molar-refractivity contribution in [2.75, 3.05) is 39.4 Å². The fourth-order valence-electron chi connectivity index (χ4n) is 3.95. The molecule has 31 heavy (non-hydrogen) atoms. The van der Waals surface area contributed by atoms with E-state index in [1.165, 1.54) is 0 Å². The number of hydrogen-bond acceptors (Lipinski definition) is 7. The summed E-state index contributed by atoms with van der Waals surface area (Å²) in [5, 5.41) is 35.4. The lowest BCUT2D eigenvalue weighted by Crippen LogP contribution is -2.37. The summed E-state index contributed by atoms with van der Waals surface area (Å²) in [6.07, 6.45) is 3.87. The van der Waals surface area contributed by atoms with Crippen molar-refractivity contribution in [1.29, 1.82) is 21.0 Å². The first-order chi connectivity index (χ1) is 14.9. The van der Waals surface area contributed by atoms with Gasteiger partial charge in [-0.1, -0.05) is 13.8 Å². The molecular formula is C24H40N6O. The Morgan fingerprint density at radius 3 is 1.13 bits per heavy atom. The fraction of sp³-hybridized carbons (Fsp3) is 0.833. The minimum absolute atomic E-state index is 0.312. The summed E-state index contributed by atoms with van der Waals surface area (Å²) in [5.41, 5.74) is 0. The van der Waals surface area contributed by atoms with Gasteiger partial charge in [-0.3, -0.25) is 9.80 Å². The summed E-state index contributed by atoms with van der Waals surface area (Å²) in [4.78, 5) is 4.45. The summed E-state index contributed by atoms with van der Waals surface area (Å²) < 4.78 is 6.00. The lowest BCUT2D eigenvalue weighted by molar-refractivity contribution is 0.0574. The minimum atomic E-state index is 0.312. The van der Waals surface area contributed by atoms with Gasteiger partial charge in [0.2, 0.25) is 0 Å². The molecule has 7 nitrogen and oxygen atoms in total. The summed E-state index contributed by atoms with van der Waals surface area (Å²) in [7, 11) is 0. The Morgan fingerprint density at radius 2 is 0.871 bits per heavy atom. The third-order valence-electron chi connectivity index (χ3n) is 5.58. The van der Waals surface area contributed by atoms with Gasteiger partial charge in [0.25, 0.3) is 0 Å². The highest BCUT2D eigenvalue weighted by molar-refractivity contribution is 4.81. The first-order valence-electron chi connectivity index (χ1n) is 11.4. The highest BCUT2D eigenvalue weighted by atomic mass is 16.5. The lowest BCUT2D eigenvalue weighted by atomic mass is 10.0. The van der Waals surface area contributed by atoms with E-state index in [2.05, 4.69) is 61.8 Å². The number of nitriles is 4. The van der Waals surface area contributed by atoms with Crippen LogP contribution in [0.2, 0.25) is 0 Å². The Labute approximate surface area is 189 Å². The summed E-state index contributed by atoms with van der Waals surface area (Å²) in [6.45, 7) is 12.9. The van der Waals surface area contributed by atoms with Gasteiger partial charge in [-0.05, 0) is 38.5 Å². The molecule has 0 aromatic heterocycles. The van der Waals surface area contributed by atoms with E-state index in [1.807, 2.05) is 0 Å². The topological polar surface area (TPSA) is 111 Å². The van der Waals surface area contributed by atoms with E-state index in [1.54, 1.807) is 0 Å². The van der Waals surface area contributed by atoms with Gasteiger partial charge in [-0.15, -0.1) is 0 Å². The highest BCUT2D eigenvalue weighted by Crippen LogP contribution is 2.16. The van der Waals surface area contributed by atoms with Crippen LogP contribution in [0.5, 0.6) is 0 Å². The van der Waals surface area contributed by atoms with Crippen molar-refractivity contribution in [2.24, 2.45) is 11.8 Å². The quantitative estimate of drug-likeness (QED) is 0.323. The molecule has 172 valence electrons. The Morgan fingerprint density at radius 1 is 0.581 bits per heavy atom. The molecule has 0 heterocycles. The van der Waals surface area contributed by atoms with Crippen molar-refractivity contribution in [3.8, 4) is 24.3 Å². The first-order valence-corrected chi connectivity index (χ1v) is 11.4. The van der Waals surface area contributed by atoms with Crippen LogP contribution in [0.3, 0.4) is 0 Å². The van der Waals surface area contributed by atoms with Crippen LogP contribution in [0.4, 0.5) is 0 Å². The predicted octanol–water partition coefficient (Wildman–Crippen LogP) is 4.09. The Balaban J connectivity index is 4.36. The minimum Gasteiger partial charge on any atom is -0.381 e. The van der Waals surface area contributed by atoms with Crippen LogP contribution in [0.15, 0.2) is 0 Å². The van der Waals surface area contributed by atoms with E-state index < -0.39 is 0 Å². The van der Waals surface area contributed by atoms with E-state index >= 15 is 0 Å². The second-order valence-electron chi connectivity index (χ2n) is 8.62. The van der Waals surface area contributed by atoms with Gasteiger partial charge < -0.3 is 4.74 Å². The highest BCUT2D eigenvalue weighted by Gasteiger charge is 2.19. The fourth-order valence-corrected chi connectivity index (χ4v) is 3.95. The molecule has 0 rings (SSSR count). The Kier molecular flexibility index (Phi) is 17.3. The van der Waals surface area contributed by atoms with Crippen LogP contribution in [-0.2, 0) is 4.74 Å². The molecule has 0 amide bonds. The number of nitrogens with zero attached hydrogens (tertiary/aromatic N) is 6. The molecule has 4 atom stereocenters. The zero-order valence-electron chi connectivity index (χ0n) is 19.9. The monoisotopic (exact) mass is 428 g/mol. The molecule has 0 bridgehead atoms. The van der Waals surface area contributed by atoms with Crippen molar-refractivity contribution in [3.63, 3.8) is 0 Å². The average Bonchev–Trinajstić information content (AvgIpc) is 2.73. The molecule has 0 aliphatic rings. The standard InChI is InChI=1S/C24H40N6O/c1-21(17-23(3)29(13-5-9-25)14-6-10-26)19-31-20-22(2)18-24(4)30(15-7-11-27)16-8-12-28/h21-24H,5-8,13-20H2,1-4H3. The number of ether oxygens (including phenoxy) is 1. The van der Waals surface area contributed by atoms with Crippen LogP contribution >= 0.6 is 0 Å². The van der Waals surface area contributed by atoms with E-state index in [4.69, 9.17) is 25.8 Å². The summed E-state index contributed by atoms with van der Waals surface area (Å²) in [6, 6.07) is 9.39. The van der Waals surface area contributed by atoms with Crippen molar-refractivity contribution in [3.05, 3.63) is 0 Å². The largest absolute Gasteiger partial charge is 0.381 e. The van der Waals surface area contributed by atoms with Crippen molar-refractivity contribution in [1.82, 2.24) is 9.80 Å². The van der Waals surface area contributed by atoms with Gasteiger partial charge >= 0.3 is 0 Å². The second-order valence-corrected chi connectivity index (χ2v) is 8.62. The van der Waals surface area contributed by atoms with Crippen LogP contribution < -0.4 is 0 Å². The normalized spacial score (nSPS) is 14.8. The van der Waals surface area contributed by atoms with Crippen molar-refractivity contribution < 1.29 is 4.74 Å². The zero-order valence-corrected chi connectivity index (χ0v) is 19.9. The van der Waals surface area contributed by atoms with Gasteiger partial charge in [-0.2, -0.15) is 21.0 Å². The van der Waals surface area contributed by atoms with E-state index in [0.29, 0.717) is 89.0 Å². The third kappa shape index (κ3) is 14.5. The molecule has 0 fully saturated rings. The molecule has 0 N–H and O–H groups in total. The molecule has 0 aliphatic carbocycles. The summed E-state index contributed by atoms with van der Waals surface area (Å²) in [5.74, 6) is 0.795.